The zero-order chi connectivity index (χ0) is 14.1. The first kappa shape index (κ1) is 15.8. The molecule has 2 aromatic heterocycles. The summed E-state index contributed by atoms with van der Waals surface area (Å²) in [6.45, 7) is 2.05. The number of fused-ring (bicyclic) bond motifs is 1. The van der Waals surface area contributed by atoms with Gasteiger partial charge in [-0.05, 0) is 38.2 Å². The summed E-state index contributed by atoms with van der Waals surface area (Å²) in [6, 6.07) is 7.58. The van der Waals surface area contributed by atoms with Crippen molar-refractivity contribution < 1.29 is 8.94 Å². The Morgan fingerprint density at radius 3 is 2.90 bits per heavy atom. The Hall–Kier alpha value is -1.56. The van der Waals surface area contributed by atoms with Gasteiger partial charge in [-0.3, -0.25) is 0 Å². The molecule has 1 aromatic carbocycles. The van der Waals surface area contributed by atoms with Gasteiger partial charge in [-0.1, -0.05) is 16.8 Å². The van der Waals surface area contributed by atoms with Crippen LogP contribution in [0.25, 0.3) is 22.6 Å². The molecule has 3 rings (SSSR count). The van der Waals surface area contributed by atoms with Gasteiger partial charge in [-0.25, -0.2) is 0 Å². The summed E-state index contributed by atoms with van der Waals surface area (Å²) in [5.41, 5.74) is 0.743. The monoisotopic (exact) mass is 327 g/mol. The summed E-state index contributed by atoms with van der Waals surface area (Å²) in [5, 5.41) is 8.66. The fourth-order valence-corrected chi connectivity index (χ4v) is 2.11. The molecule has 0 saturated carbocycles. The maximum Gasteiger partial charge on any atom is 0.293 e. The molecular formula is C14H15Cl2N3O2. The molecule has 5 nitrogen and oxygen atoms in total. The molecule has 1 N–H and O–H groups in total. The predicted molar refractivity (Wildman–Crippen MR) is 84.0 cm³/mol. The van der Waals surface area contributed by atoms with Crippen LogP contribution in [0.5, 0.6) is 0 Å². The molecule has 0 saturated heterocycles. The van der Waals surface area contributed by atoms with E-state index in [1.807, 2.05) is 25.2 Å². The summed E-state index contributed by atoms with van der Waals surface area (Å²) >= 11 is 5.95. The van der Waals surface area contributed by atoms with Gasteiger partial charge in [0.2, 0.25) is 0 Å². The molecular weight excluding hydrogens is 313 g/mol. The molecule has 0 spiro atoms. The van der Waals surface area contributed by atoms with E-state index in [4.69, 9.17) is 20.5 Å². The highest BCUT2D eigenvalue weighted by Crippen LogP contribution is 2.28. The third-order valence-electron chi connectivity index (χ3n) is 3.14. The fraction of sp³-hybridized carbons (Fsp3) is 0.286. The van der Waals surface area contributed by atoms with Gasteiger partial charge in [0.05, 0.1) is 0 Å². The van der Waals surface area contributed by atoms with Gasteiger partial charge in [-0.15, -0.1) is 12.4 Å². The number of hydrogen-bond donors (Lipinski definition) is 1. The van der Waals surface area contributed by atoms with Crippen LogP contribution in [0.1, 0.15) is 12.7 Å². The Morgan fingerprint density at radius 2 is 2.14 bits per heavy atom. The summed E-state index contributed by atoms with van der Waals surface area (Å²) in [7, 11) is 1.90. The number of nitrogens with one attached hydrogen (secondary N) is 1. The number of furan rings is 1. The van der Waals surface area contributed by atoms with Gasteiger partial charge in [0.25, 0.3) is 5.89 Å². The highest BCUT2D eigenvalue weighted by atomic mass is 35.5. The lowest BCUT2D eigenvalue weighted by molar-refractivity contribution is 0.408. The number of nitrogens with zero attached hydrogens (tertiary/aromatic N) is 2. The van der Waals surface area contributed by atoms with E-state index >= 15 is 0 Å². The Kier molecular flexibility index (Phi) is 4.88. The van der Waals surface area contributed by atoms with Crippen LogP contribution in [-0.4, -0.2) is 23.2 Å². The van der Waals surface area contributed by atoms with Crippen LogP contribution in [0, 0.1) is 0 Å². The second-order valence-corrected chi connectivity index (χ2v) is 5.14. The maximum atomic E-state index is 5.95. The molecule has 0 aliphatic carbocycles. The Morgan fingerprint density at radius 1 is 1.33 bits per heavy atom. The highest BCUT2D eigenvalue weighted by Gasteiger charge is 2.15. The fourth-order valence-electron chi connectivity index (χ4n) is 1.93. The minimum absolute atomic E-state index is 0. The van der Waals surface area contributed by atoms with Gasteiger partial charge < -0.3 is 14.3 Å². The maximum absolute atomic E-state index is 5.95. The molecule has 7 heteroatoms. The molecule has 0 aliphatic rings. The van der Waals surface area contributed by atoms with E-state index in [2.05, 4.69) is 22.4 Å². The van der Waals surface area contributed by atoms with E-state index in [1.54, 1.807) is 6.07 Å². The summed E-state index contributed by atoms with van der Waals surface area (Å²) in [5.74, 6) is 1.59. The first-order valence-corrected chi connectivity index (χ1v) is 6.73. The molecule has 1 unspecified atom stereocenters. The van der Waals surface area contributed by atoms with Crippen molar-refractivity contribution in [1.82, 2.24) is 15.5 Å². The molecule has 0 radical (unpaired) electrons. The van der Waals surface area contributed by atoms with E-state index in [0.29, 0.717) is 28.9 Å². The SMILES string of the molecule is CNC(C)Cc1noc(-c2cc3cc(Cl)ccc3o2)n1.Cl. The van der Waals surface area contributed by atoms with E-state index in [9.17, 15) is 0 Å². The number of benzene rings is 1. The minimum Gasteiger partial charge on any atom is -0.451 e. The van der Waals surface area contributed by atoms with Gasteiger partial charge in [0, 0.05) is 22.9 Å². The highest BCUT2D eigenvalue weighted by molar-refractivity contribution is 6.31. The lowest BCUT2D eigenvalue weighted by Gasteiger charge is -2.04. The van der Waals surface area contributed by atoms with Crippen molar-refractivity contribution in [2.45, 2.75) is 19.4 Å². The van der Waals surface area contributed by atoms with Crippen molar-refractivity contribution in [3.8, 4) is 11.7 Å². The minimum atomic E-state index is 0. The van der Waals surface area contributed by atoms with Crippen molar-refractivity contribution in [2.75, 3.05) is 7.05 Å². The van der Waals surface area contributed by atoms with Gasteiger partial charge >= 0.3 is 0 Å². The van der Waals surface area contributed by atoms with Gasteiger partial charge in [0.15, 0.2) is 11.6 Å². The van der Waals surface area contributed by atoms with Gasteiger partial charge in [-0.2, -0.15) is 4.98 Å². The molecule has 0 aliphatic heterocycles. The van der Waals surface area contributed by atoms with Crippen molar-refractivity contribution >= 4 is 35.0 Å². The van der Waals surface area contributed by atoms with E-state index < -0.39 is 0 Å². The first-order chi connectivity index (χ1) is 9.65. The molecule has 1 atom stereocenters. The van der Waals surface area contributed by atoms with E-state index in [-0.39, 0.29) is 18.4 Å². The Balaban J connectivity index is 0.00000161. The number of likely N-dealkylation sites (N-methyl/N-ethyl adjacent to an activating group) is 1. The van der Waals surface area contributed by atoms with Crippen molar-refractivity contribution in [3.63, 3.8) is 0 Å². The average molecular weight is 328 g/mol. The topological polar surface area (TPSA) is 64.1 Å². The molecule has 0 fully saturated rings. The quantitative estimate of drug-likeness (QED) is 0.791. The summed E-state index contributed by atoms with van der Waals surface area (Å²) in [4.78, 5) is 4.34. The molecule has 0 bridgehead atoms. The molecule has 0 amide bonds. The summed E-state index contributed by atoms with van der Waals surface area (Å²) < 4.78 is 10.9. The second kappa shape index (κ2) is 6.47. The smallest absolute Gasteiger partial charge is 0.293 e. The number of hydrogen-bond acceptors (Lipinski definition) is 5. The largest absolute Gasteiger partial charge is 0.451 e. The second-order valence-electron chi connectivity index (χ2n) is 4.70. The van der Waals surface area contributed by atoms with Crippen LogP contribution in [0.3, 0.4) is 0 Å². The van der Waals surface area contributed by atoms with Crippen LogP contribution in [-0.2, 0) is 6.42 Å². The van der Waals surface area contributed by atoms with Crippen LogP contribution in [0.2, 0.25) is 5.02 Å². The normalized spacial score (nSPS) is 12.3. The van der Waals surface area contributed by atoms with Crippen molar-refractivity contribution in [2.24, 2.45) is 0 Å². The zero-order valence-electron chi connectivity index (χ0n) is 11.6. The first-order valence-electron chi connectivity index (χ1n) is 6.35. The predicted octanol–water partition coefficient (Wildman–Crippen LogP) is 3.71. The third kappa shape index (κ3) is 3.37. The standard InChI is InChI=1S/C14H14ClN3O2.ClH/c1-8(16-2)5-13-17-14(20-18-13)12-7-9-6-10(15)3-4-11(9)19-12;/h3-4,6-8,16H,5H2,1-2H3;1H. The lowest BCUT2D eigenvalue weighted by Crippen LogP contribution is -2.24. The third-order valence-corrected chi connectivity index (χ3v) is 3.37. The molecule has 112 valence electrons. The van der Waals surface area contributed by atoms with Crippen LogP contribution < -0.4 is 5.32 Å². The van der Waals surface area contributed by atoms with Crippen molar-refractivity contribution in [1.29, 1.82) is 0 Å². The summed E-state index contributed by atoms with van der Waals surface area (Å²) in [6.07, 6.45) is 0.700. The Labute approximate surface area is 133 Å². The number of halogens is 2. The van der Waals surface area contributed by atoms with Crippen LogP contribution >= 0.6 is 24.0 Å². The number of aromatic nitrogens is 2. The molecule has 21 heavy (non-hydrogen) atoms. The number of rotatable bonds is 4. The van der Waals surface area contributed by atoms with Crippen LogP contribution in [0.15, 0.2) is 33.2 Å². The zero-order valence-corrected chi connectivity index (χ0v) is 13.2. The average Bonchev–Trinajstić information content (AvgIpc) is 3.04. The van der Waals surface area contributed by atoms with Crippen LogP contribution in [0.4, 0.5) is 0 Å². The Bertz CT molecular complexity index is 739. The molecule has 3 aromatic rings. The van der Waals surface area contributed by atoms with E-state index in [0.717, 1.165) is 11.0 Å². The van der Waals surface area contributed by atoms with Gasteiger partial charge in [0.1, 0.15) is 5.58 Å². The van der Waals surface area contributed by atoms with E-state index in [1.165, 1.54) is 0 Å². The lowest BCUT2D eigenvalue weighted by atomic mass is 10.2. The molecule has 2 heterocycles. The van der Waals surface area contributed by atoms with Crippen molar-refractivity contribution in [3.05, 3.63) is 35.1 Å².